The molecule has 5 nitrogen and oxygen atoms in total. The van der Waals surface area contributed by atoms with Crippen LogP contribution in [0.1, 0.15) is 6.92 Å². The lowest BCUT2D eigenvalue weighted by Crippen LogP contribution is -2.45. The molecule has 0 aliphatic heterocycles. The van der Waals surface area contributed by atoms with Gasteiger partial charge in [-0.1, -0.05) is 23.2 Å². The molecule has 128 valence electrons. The third kappa shape index (κ3) is 4.63. The van der Waals surface area contributed by atoms with Crippen LogP contribution in [0.2, 0.25) is 10.0 Å². The van der Waals surface area contributed by atoms with Crippen LogP contribution in [0.4, 0.5) is 11.4 Å². The van der Waals surface area contributed by atoms with Gasteiger partial charge in [-0.2, -0.15) is 0 Å². The number of halogens is 2. The van der Waals surface area contributed by atoms with Crippen molar-refractivity contribution in [3.8, 4) is 0 Å². The van der Waals surface area contributed by atoms with Crippen molar-refractivity contribution in [1.29, 1.82) is 0 Å². The first kappa shape index (κ1) is 18.6. The topological polar surface area (TPSA) is 66.5 Å². The van der Waals surface area contributed by atoms with E-state index in [2.05, 4.69) is 5.32 Å². The minimum atomic E-state index is -3.67. The minimum Gasteiger partial charge on any atom is -0.324 e. The largest absolute Gasteiger partial charge is 0.324 e. The summed E-state index contributed by atoms with van der Waals surface area (Å²) in [5.74, 6) is -0.460. The monoisotopic (exact) mass is 386 g/mol. The first-order valence-electron chi connectivity index (χ1n) is 7.00. The minimum absolute atomic E-state index is 0.362. The standard InChI is InChI=1S/C16H16Cl2N2O3S/c1-11(16(21)19-14-7-3-12(17)4-8-14)20(24(2,22)23)15-9-5-13(18)6-10-15/h3-11H,1-2H3,(H,19,21)/t11-/m0/s1. The summed E-state index contributed by atoms with van der Waals surface area (Å²) in [7, 11) is -3.67. The van der Waals surface area contributed by atoms with E-state index < -0.39 is 22.0 Å². The number of rotatable bonds is 5. The van der Waals surface area contributed by atoms with Gasteiger partial charge in [-0.05, 0) is 55.5 Å². The number of anilines is 2. The van der Waals surface area contributed by atoms with E-state index in [0.29, 0.717) is 21.4 Å². The van der Waals surface area contributed by atoms with Gasteiger partial charge in [-0.25, -0.2) is 8.42 Å². The Morgan fingerprint density at radius 3 is 1.92 bits per heavy atom. The van der Waals surface area contributed by atoms with E-state index in [1.807, 2.05) is 0 Å². The predicted octanol–water partition coefficient (Wildman–Crippen LogP) is 3.79. The molecule has 0 aliphatic rings. The number of carbonyl (C=O) groups excluding carboxylic acids is 1. The fourth-order valence-corrected chi connectivity index (χ4v) is 3.60. The van der Waals surface area contributed by atoms with Crippen molar-refractivity contribution in [2.24, 2.45) is 0 Å². The van der Waals surface area contributed by atoms with E-state index >= 15 is 0 Å². The van der Waals surface area contributed by atoms with Crippen LogP contribution in [-0.2, 0) is 14.8 Å². The molecule has 0 bridgehead atoms. The molecule has 1 atom stereocenters. The molecule has 1 N–H and O–H groups in total. The van der Waals surface area contributed by atoms with Crippen LogP contribution in [0.5, 0.6) is 0 Å². The molecule has 8 heteroatoms. The molecular formula is C16H16Cl2N2O3S. The van der Waals surface area contributed by atoms with Crippen LogP contribution in [0.25, 0.3) is 0 Å². The Hall–Kier alpha value is -1.76. The second kappa shape index (κ2) is 7.42. The first-order chi connectivity index (χ1) is 11.2. The Bertz CT molecular complexity index is 821. The van der Waals surface area contributed by atoms with Gasteiger partial charge in [-0.3, -0.25) is 9.10 Å². The van der Waals surface area contributed by atoms with Crippen molar-refractivity contribution in [2.45, 2.75) is 13.0 Å². The van der Waals surface area contributed by atoms with Gasteiger partial charge in [0.1, 0.15) is 6.04 Å². The molecule has 0 fully saturated rings. The van der Waals surface area contributed by atoms with Crippen molar-refractivity contribution in [3.63, 3.8) is 0 Å². The van der Waals surface area contributed by atoms with Gasteiger partial charge >= 0.3 is 0 Å². The lowest BCUT2D eigenvalue weighted by Gasteiger charge is -2.28. The summed E-state index contributed by atoms with van der Waals surface area (Å²) in [6.45, 7) is 1.51. The number of carbonyl (C=O) groups is 1. The summed E-state index contributed by atoms with van der Waals surface area (Å²) in [6, 6.07) is 11.8. The molecule has 0 unspecified atom stereocenters. The van der Waals surface area contributed by atoms with Gasteiger partial charge in [0.25, 0.3) is 0 Å². The van der Waals surface area contributed by atoms with Crippen LogP contribution >= 0.6 is 23.2 Å². The summed E-state index contributed by atoms with van der Waals surface area (Å²) in [4.78, 5) is 12.4. The number of nitrogens with zero attached hydrogens (tertiary/aromatic N) is 1. The van der Waals surface area contributed by atoms with Crippen LogP contribution < -0.4 is 9.62 Å². The number of sulfonamides is 1. The van der Waals surface area contributed by atoms with Gasteiger partial charge in [-0.15, -0.1) is 0 Å². The molecule has 2 aromatic rings. The summed E-state index contributed by atoms with van der Waals surface area (Å²) in [5.41, 5.74) is 0.890. The zero-order valence-corrected chi connectivity index (χ0v) is 15.4. The number of hydrogen-bond donors (Lipinski definition) is 1. The Morgan fingerprint density at radius 1 is 1.00 bits per heavy atom. The van der Waals surface area contributed by atoms with Crippen molar-refractivity contribution >= 4 is 50.5 Å². The Balaban J connectivity index is 2.27. The molecule has 1 amide bonds. The highest BCUT2D eigenvalue weighted by Gasteiger charge is 2.29. The van der Waals surface area contributed by atoms with Crippen LogP contribution in [0.3, 0.4) is 0 Å². The number of amides is 1. The lowest BCUT2D eigenvalue weighted by atomic mass is 10.2. The van der Waals surface area contributed by atoms with Crippen molar-refractivity contribution in [3.05, 3.63) is 58.6 Å². The van der Waals surface area contributed by atoms with E-state index in [0.717, 1.165) is 10.6 Å². The van der Waals surface area contributed by atoms with Gasteiger partial charge < -0.3 is 5.32 Å². The maximum Gasteiger partial charge on any atom is 0.247 e. The first-order valence-corrected chi connectivity index (χ1v) is 9.60. The van der Waals surface area contributed by atoms with Crippen molar-refractivity contribution in [1.82, 2.24) is 0 Å². The summed E-state index contributed by atoms with van der Waals surface area (Å²) >= 11 is 11.6. The fraction of sp³-hybridized carbons (Fsp3) is 0.188. The number of benzene rings is 2. The maximum absolute atomic E-state index is 12.4. The quantitative estimate of drug-likeness (QED) is 0.849. The summed E-state index contributed by atoms with van der Waals surface area (Å²) < 4.78 is 25.4. The fourth-order valence-electron chi connectivity index (χ4n) is 2.18. The van der Waals surface area contributed by atoms with Crippen LogP contribution in [0, 0.1) is 0 Å². The highest BCUT2D eigenvalue weighted by atomic mass is 35.5. The smallest absolute Gasteiger partial charge is 0.247 e. The second-order valence-corrected chi connectivity index (χ2v) is 7.94. The highest BCUT2D eigenvalue weighted by Crippen LogP contribution is 2.23. The molecule has 24 heavy (non-hydrogen) atoms. The zero-order chi connectivity index (χ0) is 17.9. The van der Waals surface area contributed by atoms with E-state index in [1.54, 1.807) is 48.5 Å². The zero-order valence-electron chi connectivity index (χ0n) is 13.0. The predicted molar refractivity (Wildman–Crippen MR) is 98.3 cm³/mol. The molecule has 2 rings (SSSR count). The van der Waals surface area contributed by atoms with Gasteiger partial charge in [0, 0.05) is 15.7 Å². The number of hydrogen-bond acceptors (Lipinski definition) is 3. The van der Waals surface area contributed by atoms with Crippen molar-refractivity contribution in [2.75, 3.05) is 15.9 Å². The maximum atomic E-state index is 12.4. The molecule has 0 saturated carbocycles. The third-order valence-corrected chi connectivity index (χ3v) is 5.03. The Morgan fingerprint density at radius 2 is 1.46 bits per heavy atom. The van der Waals surface area contributed by atoms with Crippen molar-refractivity contribution < 1.29 is 13.2 Å². The van der Waals surface area contributed by atoms with E-state index in [-0.39, 0.29) is 0 Å². The third-order valence-electron chi connectivity index (χ3n) is 3.28. The molecule has 0 heterocycles. The molecule has 0 spiro atoms. The van der Waals surface area contributed by atoms with Gasteiger partial charge in [0.2, 0.25) is 15.9 Å². The average molecular weight is 387 g/mol. The second-order valence-electron chi connectivity index (χ2n) is 5.21. The lowest BCUT2D eigenvalue weighted by molar-refractivity contribution is -0.116. The average Bonchev–Trinajstić information content (AvgIpc) is 2.50. The molecule has 2 aromatic carbocycles. The van der Waals surface area contributed by atoms with E-state index in [9.17, 15) is 13.2 Å². The summed E-state index contributed by atoms with van der Waals surface area (Å²) in [6.07, 6.45) is 1.05. The normalized spacial score (nSPS) is 12.5. The van der Waals surface area contributed by atoms with E-state index in [1.165, 1.54) is 6.92 Å². The van der Waals surface area contributed by atoms with E-state index in [4.69, 9.17) is 23.2 Å². The number of nitrogens with one attached hydrogen (secondary N) is 1. The van der Waals surface area contributed by atoms with Gasteiger partial charge in [0.15, 0.2) is 0 Å². The van der Waals surface area contributed by atoms with Crippen LogP contribution in [-0.4, -0.2) is 26.6 Å². The van der Waals surface area contributed by atoms with Crippen LogP contribution in [0.15, 0.2) is 48.5 Å². The molecule has 0 radical (unpaired) electrons. The molecule has 0 saturated heterocycles. The molecular weight excluding hydrogens is 371 g/mol. The molecule has 0 aliphatic carbocycles. The highest BCUT2D eigenvalue weighted by molar-refractivity contribution is 7.92. The van der Waals surface area contributed by atoms with Gasteiger partial charge in [0.05, 0.1) is 11.9 Å². The molecule has 0 aromatic heterocycles. The Kier molecular flexibility index (Phi) is 5.74. The Labute approximate surface area is 151 Å². The summed E-state index contributed by atoms with van der Waals surface area (Å²) in [5, 5.41) is 3.69. The SMILES string of the molecule is C[C@@H](C(=O)Nc1ccc(Cl)cc1)N(c1ccc(Cl)cc1)S(C)(=O)=O.